The second-order valence-corrected chi connectivity index (χ2v) is 5.91. The van der Waals surface area contributed by atoms with Crippen molar-refractivity contribution in [1.82, 2.24) is 19.6 Å². The predicted octanol–water partition coefficient (Wildman–Crippen LogP) is 2.40. The molecule has 1 saturated carbocycles. The van der Waals surface area contributed by atoms with Crippen molar-refractivity contribution in [1.29, 1.82) is 0 Å². The number of aliphatic hydroxyl groups excluding tert-OH is 1. The average molecular weight is 309 g/mol. The molecule has 23 heavy (non-hydrogen) atoms. The third-order valence-electron chi connectivity index (χ3n) is 4.47. The maximum absolute atomic E-state index is 10.5. The Balaban J connectivity index is 1.85. The lowest BCUT2D eigenvalue weighted by atomic mass is 9.92. The Hall–Kier alpha value is -2.47. The molecule has 1 aliphatic rings. The molecule has 2 unspecified atom stereocenters. The van der Waals surface area contributed by atoms with E-state index in [1.165, 1.54) is 0 Å². The van der Waals surface area contributed by atoms with Crippen LogP contribution in [0.15, 0.2) is 49.2 Å². The molecule has 4 rings (SSSR count). The number of hydrogen-bond acceptors (Lipinski definition) is 5. The van der Waals surface area contributed by atoms with Gasteiger partial charge >= 0.3 is 0 Å². The average Bonchev–Trinajstić information content (AvgIpc) is 3.02. The van der Waals surface area contributed by atoms with Gasteiger partial charge in [-0.25, -0.2) is 15.0 Å². The van der Waals surface area contributed by atoms with Gasteiger partial charge in [-0.1, -0.05) is 12.8 Å². The normalized spacial score (nSPS) is 21.4. The predicted molar refractivity (Wildman–Crippen MR) is 87.9 cm³/mol. The number of pyridine rings is 1. The fourth-order valence-corrected chi connectivity index (χ4v) is 3.35. The maximum Gasteiger partial charge on any atom is 0.245 e. The second kappa shape index (κ2) is 5.96. The topological polar surface area (TPSA) is 67.1 Å². The van der Waals surface area contributed by atoms with Gasteiger partial charge in [-0.15, -0.1) is 0 Å². The highest BCUT2D eigenvalue weighted by atomic mass is 16.3. The molecule has 1 aliphatic carbocycles. The summed E-state index contributed by atoms with van der Waals surface area (Å²) in [5.74, 6) is 0.604. The molecule has 3 aromatic rings. The van der Waals surface area contributed by atoms with Gasteiger partial charge in [0.25, 0.3) is 0 Å². The molecular weight excluding hydrogens is 290 g/mol. The quantitative estimate of drug-likeness (QED) is 0.804. The van der Waals surface area contributed by atoms with E-state index < -0.39 is 0 Å². The molecule has 6 heteroatoms. The van der Waals surface area contributed by atoms with Crippen LogP contribution in [0.25, 0.3) is 10.9 Å². The van der Waals surface area contributed by atoms with Gasteiger partial charge in [0.15, 0.2) is 0 Å². The molecule has 0 aliphatic heterocycles. The Labute approximate surface area is 134 Å². The van der Waals surface area contributed by atoms with Crippen molar-refractivity contribution in [3.05, 3.63) is 49.2 Å². The van der Waals surface area contributed by atoms with Crippen LogP contribution in [0.4, 0.5) is 5.95 Å². The Morgan fingerprint density at radius 2 is 1.91 bits per heavy atom. The van der Waals surface area contributed by atoms with E-state index in [4.69, 9.17) is 0 Å². The lowest BCUT2D eigenvalue weighted by molar-refractivity contribution is 0.0996. The minimum absolute atomic E-state index is 0.0325. The number of nitrogens with zero attached hydrogens (tertiary/aromatic N) is 5. The molecular formula is C17H19N5O. The number of hydrogen-bond donors (Lipinski definition) is 1. The largest absolute Gasteiger partial charge is 0.391 e. The first-order valence-corrected chi connectivity index (χ1v) is 8.00. The van der Waals surface area contributed by atoms with E-state index in [0.717, 1.165) is 36.6 Å². The third-order valence-corrected chi connectivity index (χ3v) is 4.47. The molecule has 3 aromatic heterocycles. The van der Waals surface area contributed by atoms with Crippen LogP contribution in [-0.4, -0.2) is 36.9 Å². The zero-order chi connectivity index (χ0) is 15.6. The summed E-state index contributed by atoms with van der Waals surface area (Å²) in [6.45, 7) is 0. The minimum Gasteiger partial charge on any atom is -0.391 e. The van der Waals surface area contributed by atoms with Gasteiger partial charge in [0.2, 0.25) is 5.95 Å². The smallest absolute Gasteiger partial charge is 0.245 e. The van der Waals surface area contributed by atoms with Gasteiger partial charge in [-0.2, -0.15) is 0 Å². The van der Waals surface area contributed by atoms with Crippen molar-refractivity contribution < 1.29 is 5.11 Å². The first kappa shape index (κ1) is 14.1. The zero-order valence-electron chi connectivity index (χ0n) is 12.8. The summed E-state index contributed by atoms with van der Waals surface area (Å²) >= 11 is 0. The van der Waals surface area contributed by atoms with Crippen LogP contribution in [0.1, 0.15) is 25.7 Å². The van der Waals surface area contributed by atoms with E-state index in [0.29, 0.717) is 5.95 Å². The lowest BCUT2D eigenvalue weighted by Crippen LogP contribution is -2.48. The van der Waals surface area contributed by atoms with Crippen LogP contribution >= 0.6 is 0 Å². The molecule has 0 amide bonds. The summed E-state index contributed by atoms with van der Waals surface area (Å²) in [7, 11) is 0. The second-order valence-electron chi connectivity index (χ2n) is 5.91. The van der Waals surface area contributed by atoms with Gasteiger partial charge in [0, 0.05) is 36.4 Å². The van der Waals surface area contributed by atoms with Crippen LogP contribution in [0.2, 0.25) is 0 Å². The van der Waals surface area contributed by atoms with Crippen molar-refractivity contribution in [2.24, 2.45) is 0 Å². The van der Waals surface area contributed by atoms with E-state index in [1.54, 1.807) is 24.7 Å². The number of anilines is 1. The SMILES string of the molecule is OC1CCCCC1N(c1ncccn1)n1ccc2cnccc21. The van der Waals surface area contributed by atoms with Gasteiger partial charge in [0.05, 0.1) is 17.7 Å². The molecule has 3 heterocycles. The molecule has 2 atom stereocenters. The van der Waals surface area contributed by atoms with Crippen LogP contribution in [0.3, 0.4) is 0 Å². The fourth-order valence-electron chi connectivity index (χ4n) is 3.35. The number of rotatable bonds is 3. The molecule has 118 valence electrons. The van der Waals surface area contributed by atoms with Gasteiger partial charge in [0.1, 0.15) is 0 Å². The summed E-state index contributed by atoms with van der Waals surface area (Å²) in [5.41, 5.74) is 1.03. The van der Waals surface area contributed by atoms with Crippen LogP contribution in [0, 0.1) is 0 Å². The summed E-state index contributed by atoms with van der Waals surface area (Å²) in [4.78, 5) is 13.0. The molecule has 1 N–H and O–H groups in total. The van der Waals surface area contributed by atoms with Gasteiger partial charge in [-0.3, -0.25) is 9.66 Å². The standard InChI is InChI=1S/C17H19N5O/c23-16-5-2-1-4-15(16)22(17-19-8-3-9-20-17)21-11-7-13-12-18-10-6-14(13)21/h3,6-12,15-16,23H,1-2,4-5H2. The van der Waals surface area contributed by atoms with E-state index in [2.05, 4.69) is 15.0 Å². The Morgan fingerprint density at radius 1 is 1.09 bits per heavy atom. The number of aromatic nitrogens is 4. The summed E-state index contributed by atoms with van der Waals surface area (Å²) < 4.78 is 2.03. The lowest BCUT2D eigenvalue weighted by Gasteiger charge is -2.38. The molecule has 0 bridgehead atoms. The highest BCUT2D eigenvalue weighted by Crippen LogP contribution is 2.28. The van der Waals surface area contributed by atoms with Crippen molar-refractivity contribution in [3.8, 4) is 0 Å². The van der Waals surface area contributed by atoms with Gasteiger partial charge < -0.3 is 5.11 Å². The molecule has 0 spiro atoms. The first-order valence-electron chi connectivity index (χ1n) is 8.00. The van der Waals surface area contributed by atoms with Gasteiger partial charge in [-0.05, 0) is 31.0 Å². The molecule has 1 fully saturated rings. The van der Waals surface area contributed by atoms with Crippen LogP contribution < -0.4 is 5.01 Å². The molecule has 0 aromatic carbocycles. The van der Waals surface area contributed by atoms with E-state index in [-0.39, 0.29) is 12.1 Å². The van der Waals surface area contributed by atoms with Crippen molar-refractivity contribution in [2.75, 3.05) is 5.01 Å². The summed E-state index contributed by atoms with van der Waals surface area (Å²) in [6, 6.07) is 5.76. The Bertz CT molecular complexity index is 788. The summed E-state index contributed by atoms with van der Waals surface area (Å²) in [5, 5.41) is 13.6. The van der Waals surface area contributed by atoms with E-state index >= 15 is 0 Å². The van der Waals surface area contributed by atoms with E-state index in [1.807, 2.05) is 34.2 Å². The summed E-state index contributed by atoms with van der Waals surface area (Å²) in [6.07, 6.45) is 12.6. The van der Waals surface area contributed by atoms with Crippen molar-refractivity contribution >= 4 is 16.9 Å². The number of fused-ring (bicyclic) bond motifs is 1. The monoisotopic (exact) mass is 309 g/mol. The van der Waals surface area contributed by atoms with Crippen LogP contribution in [0.5, 0.6) is 0 Å². The fraction of sp³-hybridized carbons (Fsp3) is 0.353. The molecule has 6 nitrogen and oxygen atoms in total. The van der Waals surface area contributed by atoms with Crippen molar-refractivity contribution in [2.45, 2.75) is 37.8 Å². The Kier molecular flexibility index (Phi) is 3.67. The maximum atomic E-state index is 10.5. The zero-order valence-corrected chi connectivity index (χ0v) is 12.8. The molecule has 0 radical (unpaired) electrons. The first-order chi connectivity index (χ1) is 11.3. The number of aliphatic hydroxyl groups is 1. The highest BCUT2D eigenvalue weighted by molar-refractivity contribution is 5.79. The van der Waals surface area contributed by atoms with Crippen molar-refractivity contribution in [3.63, 3.8) is 0 Å². The highest BCUT2D eigenvalue weighted by Gasteiger charge is 2.32. The Morgan fingerprint density at radius 3 is 2.74 bits per heavy atom. The van der Waals surface area contributed by atoms with Crippen LogP contribution in [-0.2, 0) is 0 Å². The minimum atomic E-state index is -0.383. The third kappa shape index (κ3) is 2.55. The molecule has 0 saturated heterocycles. The van der Waals surface area contributed by atoms with E-state index in [9.17, 15) is 5.11 Å².